The lowest BCUT2D eigenvalue weighted by Gasteiger charge is -2.39. The van der Waals surface area contributed by atoms with E-state index in [4.69, 9.17) is 0 Å². The molecule has 1 aromatic rings. The largest absolute Gasteiger partial charge is 0.394 e. The molecule has 1 spiro atoms. The second kappa shape index (κ2) is 6.41. The fourth-order valence-electron chi connectivity index (χ4n) is 4.44. The van der Waals surface area contributed by atoms with E-state index in [2.05, 4.69) is 0 Å². The summed E-state index contributed by atoms with van der Waals surface area (Å²) >= 11 is 0. The minimum absolute atomic E-state index is 0.0216. The van der Waals surface area contributed by atoms with Crippen molar-refractivity contribution in [1.29, 1.82) is 0 Å². The summed E-state index contributed by atoms with van der Waals surface area (Å²) in [5, 5.41) is 9.78. The van der Waals surface area contributed by atoms with E-state index in [1.54, 1.807) is 21.9 Å². The van der Waals surface area contributed by atoms with Crippen molar-refractivity contribution in [3.63, 3.8) is 0 Å². The lowest BCUT2D eigenvalue weighted by atomic mass is 9.74. The SMILES string of the molecule is CC(=O)N1CC2(CCN(C(=O)c3cccc(F)c3)CC2)CC1(C)CO. The molecule has 0 aromatic heterocycles. The molecule has 2 aliphatic rings. The lowest BCUT2D eigenvalue weighted by Crippen LogP contribution is -2.46. The Morgan fingerprint density at radius 2 is 1.96 bits per heavy atom. The van der Waals surface area contributed by atoms with Gasteiger partial charge >= 0.3 is 0 Å². The highest BCUT2D eigenvalue weighted by Crippen LogP contribution is 2.48. The second-order valence-corrected chi connectivity index (χ2v) is 7.74. The Morgan fingerprint density at radius 1 is 1.28 bits per heavy atom. The first-order valence-corrected chi connectivity index (χ1v) is 8.73. The Balaban J connectivity index is 1.70. The van der Waals surface area contributed by atoms with Gasteiger partial charge in [-0.25, -0.2) is 4.39 Å². The van der Waals surface area contributed by atoms with Gasteiger partial charge in [0.05, 0.1) is 12.1 Å². The van der Waals surface area contributed by atoms with Crippen molar-refractivity contribution in [2.45, 2.75) is 38.6 Å². The first-order valence-electron chi connectivity index (χ1n) is 8.73. The Hall–Kier alpha value is -1.95. The molecule has 1 atom stereocenters. The van der Waals surface area contributed by atoms with Crippen LogP contribution < -0.4 is 0 Å². The third-order valence-corrected chi connectivity index (χ3v) is 5.80. The van der Waals surface area contributed by atoms with Crippen molar-refractivity contribution in [1.82, 2.24) is 9.80 Å². The van der Waals surface area contributed by atoms with E-state index in [1.807, 2.05) is 6.92 Å². The summed E-state index contributed by atoms with van der Waals surface area (Å²) in [5.41, 5.74) is -0.212. The van der Waals surface area contributed by atoms with Crippen molar-refractivity contribution >= 4 is 11.8 Å². The minimum atomic E-state index is -0.527. The third kappa shape index (κ3) is 3.27. The molecule has 25 heavy (non-hydrogen) atoms. The Kier molecular flexibility index (Phi) is 4.58. The van der Waals surface area contributed by atoms with Gasteiger partial charge in [-0.15, -0.1) is 0 Å². The van der Waals surface area contributed by atoms with Gasteiger partial charge in [0, 0.05) is 32.1 Å². The molecule has 5 nitrogen and oxygen atoms in total. The molecule has 1 unspecified atom stereocenters. The predicted octanol–water partition coefficient (Wildman–Crippen LogP) is 2.05. The fraction of sp³-hybridized carbons (Fsp3) is 0.579. The molecule has 0 saturated carbocycles. The molecule has 3 rings (SSSR count). The summed E-state index contributed by atoms with van der Waals surface area (Å²) in [6.45, 7) is 5.20. The van der Waals surface area contributed by atoms with Crippen LogP contribution in [0.15, 0.2) is 24.3 Å². The van der Waals surface area contributed by atoms with Crippen LogP contribution in [0.3, 0.4) is 0 Å². The summed E-state index contributed by atoms with van der Waals surface area (Å²) in [6.07, 6.45) is 2.32. The van der Waals surface area contributed by atoms with E-state index < -0.39 is 11.4 Å². The van der Waals surface area contributed by atoms with Crippen LogP contribution in [0.4, 0.5) is 4.39 Å². The summed E-state index contributed by atoms with van der Waals surface area (Å²) < 4.78 is 13.3. The molecule has 1 aromatic carbocycles. The minimum Gasteiger partial charge on any atom is -0.394 e. The molecule has 0 radical (unpaired) electrons. The topological polar surface area (TPSA) is 60.9 Å². The van der Waals surface area contributed by atoms with Crippen molar-refractivity contribution in [3.8, 4) is 0 Å². The fourth-order valence-corrected chi connectivity index (χ4v) is 4.44. The van der Waals surface area contributed by atoms with Crippen LogP contribution in [0.1, 0.15) is 43.5 Å². The molecule has 0 bridgehead atoms. The molecule has 0 aliphatic carbocycles. The monoisotopic (exact) mass is 348 g/mol. The van der Waals surface area contributed by atoms with Crippen LogP contribution >= 0.6 is 0 Å². The van der Waals surface area contributed by atoms with Gasteiger partial charge in [-0.05, 0) is 49.8 Å². The first-order chi connectivity index (χ1) is 11.8. The quantitative estimate of drug-likeness (QED) is 0.890. The molecular weight excluding hydrogens is 323 g/mol. The lowest BCUT2D eigenvalue weighted by molar-refractivity contribution is -0.134. The molecule has 136 valence electrons. The maximum atomic E-state index is 13.3. The first kappa shape index (κ1) is 17.9. The van der Waals surface area contributed by atoms with Gasteiger partial charge in [-0.1, -0.05) is 6.07 Å². The predicted molar refractivity (Wildman–Crippen MR) is 91.5 cm³/mol. The molecular formula is C19H25FN2O3. The Labute approximate surface area is 147 Å². The molecule has 2 saturated heterocycles. The van der Waals surface area contributed by atoms with Crippen LogP contribution in [0.25, 0.3) is 0 Å². The Bertz CT molecular complexity index is 685. The molecule has 2 aliphatic heterocycles. The van der Waals surface area contributed by atoms with E-state index >= 15 is 0 Å². The standard InChI is InChI=1S/C19H25FN2O3/c1-14(24)22-12-19(11-18(22,2)13-23)6-8-21(9-7-19)17(25)15-4-3-5-16(20)10-15/h3-5,10,23H,6-9,11-13H2,1-2H3. The smallest absolute Gasteiger partial charge is 0.253 e. The van der Waals surface area contributed by atoms with E-state index in [9.17, 15) is 19.1 Å². The number of carbonyl (C=O) groups excluding carboxylic acids is 2. The number of piperidine rings is 1. The number of hydrogen-bond donors (Lipinski definition) is 1. The molecule has 2 heterocycles. The molecule has 6 heteroatoms. The van der Waals surface area contributed by atoms with Gasteiger partial charge in [-0.2, -0.15) is 0 Å². The highest BCUT2D eigenvalue weighted by Gasteiger charge is 2.52. The number of likely N-dealkylation sites (tertiary alicyclic amines) is 2. The normalized spacial score (nSPS) is 25.4. The van der Waals surface area contributed by atoms with E-state index in [0.717, 1.165) is 19.3 Å². The zero-order valence-electron chi connectivity index (χ0n) is 14.8. The number of carbonyl (C=O) groups is 2. The third-order valence-electron chi connectivity index (χ3n) is 5.80. The zero-order valence-corrected chi connectivity index (χ0v) is 14.8. The van der Waals surface area contributed by atoms with Crippen molar-refractivity contribution in [3.05, 3.63) is 35.6 Å². The van der Waals surface area contributed by atoms with E-state index in [-0.39, 0.29) is 23.8 Å². The highest BCUT2D eigenvalue weighted by molar-refractivity contribution is 5.94. The molecule has 2 fully saturated rings. The average molecular weight is 348 g/mol. The number of aliphatic hydroxyl groups is 1. The van der Waals surface area contributed by atoms with Gasteiger partial charge in [0.15, 0.2) is 0 Å². The number of amides is 2. The van der Waals surface area contributed by atoms with E-state index in [1.165, 1.54) is 19.1 Å². The number of aliphatic hydroxyl groups excluding tert-OH is 1. The second-order valence-electron chi connectivity index (χ2n) is 7.74. The number of hydrogen-bond acceptors (Lipinski definition) is 3. The van der Waals surface area contributed by atoms with Gasteiger partial charge in [-0.3, -0.25) is 9.59 Å². The van der Waals surface area contributed by atoms with Crippen LogP contribution in [-0.4, -0.2) is 58.5 Å². The average Bonchev–Trinajstić information content (AvgIpc) is 2.88. The van der Waals surface area contributed by atoms with E-state index in [0.29, 0.717) is 25.2 Å². The van der Waals surface area contributed by atoms with Crippen LogP contribution in [0.2, 0.25) is 0 Å². The van der Waals surface area contributed by atoms with Gasteiger partial charge < -0.3 is 14.9 Å². The number of rotatable bonds is 2. The number of nitrogens with zero attached hydrogens (tertiary/aromatic N) is 2. The van der Waals surface area contributed by atoms with Gasteiger partial charge in [0.2, 0.25) is 5.91 Å². The maximum Gasteiger partial charge on any atom is 0.253 e. The van der Waals surface area contributed by atoms with Crippen molar-refractivity contribution in [2.24, 2.45) is 5.41 Å². The maximum absolute atomic E-state index is 13.3. The summed E-state index contributed by atoms with van der Waals surface area (Å²) in [6, 6.07) is 5.77. The van der Waals surface area contributed by atoms with Gasteiger partial charge in [0.1, 0.15) is 5.82 Å². The summed E-state index contributed by atoms with van der Waals surface area (Å²) in [7, 11) is 0. The van der Waals surface area contributed by atoms with Crippen LogP contribution in [0, 0.1) is 11.2 Å². The molecule has 1 N–H and O–H groups in total. The van der Waals surface area contributed by atoms with Crippen LogP contribution in [0.5, 0.6) is 0 Å². The Morgan fingerprint density at radius 3 is 2.48 bits per heavy atom. The highest BCUT2D eigenvalue weighted by atomic mass is 19.1. The zero-order chi connectivity index (χ0) is 18.2. The van der Waals surface area contributed by atoms with Crippen LogP contribution in [-0.2, 0) is 4.79 Å². The summed E-state index contributed by atoms with van der Waals surface area (Å²) in [4.78, 5) is 28.0. The van der Waals surface area contributed by atoms with Gasteiger partial charge in [0.25, 0.3) is 5.91 Å². The molecule has 2 amide bonds. The van der Waals surface area contributed by atoms with Crippen molar-refractivity contribution < 1.29 is 19.1 Å². The number of benzene rings is 1. The van der Waals surface area contributed by atoms with Crippen molar-refractivity contribution in [2.75, 3.05) is 26.2 Å². The number of halogens is 1. The summed E-state index contributed by atoms with van der Waals surface area (Å²) in [5.74, 6) is -0.585.